The Morgan fingerprint density at radius 2 is 1.88 bits per heavy atom. The molecule has 8 heteroatoms. The highest BCUT2D eigenvalue weighted by Gasteiger charge is 2.22. The molecule has 3 heterocycles. The molecule has 0 aliphatic rings. The van der Waals surface area contributed by atoms with E-state index >= 15 is 0 Å². The zero-order valence-corrected chi connectivity index (χ0v) is 19.9. The van der Waals surface area contributed by atoms with Crippen LogP contribution >= 0.6 is 0 Å². The molecule has 34 heavy (non-hydrogen) atoms. The lowest BCUT2D eigenvalue weighted by molar-refractivity contribution is 0.498. The van der Waals surface area contributed by atoms with Crippen molar-refractivity contribution in [2.45, 2.75) is 26.9 Å². The van der Waals surface area contributed by atoms with Crippen molar-refractivity contribution in [2.75, 3.05) is 13.6 Å². The molecule has 8 nitrogen and oxygen atoms in total. The van der Waals surface area contributed by atoms with Crippen molar-refractivity contribution in [3.8, 4) is 23.1 Å². The Morgan fingerprint density at radius 1 is 1.12 bits per heavy atom. The van der Waals surface area contributed by atoms with Crippen molar-refractivity contribution in [3.05, 3.63) is 80.8 Å². The van der Waals surface area contributed by atoms with Crippen molar-refractivity contribution in [3.63, 3.8) is 0 Å². The fraction of sp³-hybridized carbons (Fsp3) is 0.308. The van der Waals surface area contributed by atoms with E-state index in [1.54, 1.807) is 21.6 Å². The first-order valence-electron chi connectivity index (χ1n) is 11.2. The van der Waals surface area contributed by atoms with Crippen LogP contribution in [0.1, 0.15) is 25.0 Å². The van der Waals surface area contributed by atoms with E-state index in [0.717, 1.165) is 16.7 Å². The largest absolute Gasteiger partial charge is 0.332 e. The number of hydrogen-bond acceptors (Lipinski definition) is 5. The van der Waals surface area contributed by atoms with E-state index < -0.39 is 0 Å². The Balaban J connectivity index is 1.95. The van der Waals surface area contributed by atoms with Crippen LogP contribution in [-0.2, 0) is 20.1 Å². The van der Waals surface area contributed by atoms with E-state index in [4.69, 9.17) is 5.10 Å². The summed E-state index contributed by atoms with van der Waals surface area (Å²) in [7, 11) is 3.37. The third kappa shape index (κ3) is 4.56. The molecule has 1 N–H and O–H groups in total. The van der Waals surface area contributed by atoms with Crippen LogP contribution in [0.15, 0.2) is 58.4 Å². The molecule has 0 amide bonds. The third-order valence-corrected chi connectivity index (χ3v) is 5.48. The van der Waals surface area contributed by atoms with Gasteiger partial charge < -0.3 is 5.32 Å². The van der Waals surface area contributed by atoms with E-state index in [2.05, 4.69) is 22.1 Å². The summed E-state index contributed by atoms with van der Waals surface area (Å²) in [5.41, 5.74) is 3.07. The summed E-state index contributed by atoms with van der Waals surface area (Å²) >= 11 is 0. The molecule has 1 aromatic carbocycles. The predicted molar refractivity (Wildman–Crippen MR) is 134 cm³/mol. The van der Waals surface area contributed by atoms with Gasteiger partial charge in [-0.1, -0.05) is 37.8 Å². The van der Waals surface area contributed by atoms with Crippen LogP contribution < -0.4 is 16.6 Å². The Labute approximate surface area is 197 Å². The first-order chi connectivity index (χ1) is 16.4. The number of nitrogens with zero attached hydrogens (tertiary/aromatic N) is 5. The fourth-order valence-corrected chi connectivity index (χ4v) is 3.96. The topological polar surface area (TPSA) is 86.7 Å². The smallest absolute Gasteiger partial charge is 0.309 e. The van der Waals surface area contributed by atoms with Gasteiger partial charge in [0.2, 0.25) is 0 Å². The number of fused-ring (bicyclic) bond motifs is 1. The standard InChI is InChI=1S/C26H28N6O2/c1-18(2)16-31-24-22(25(33)30(4)26(31)34)23(21-10-13-28-14-11-21)32(29-24)17-20-8-5-7-19(15-20)9-6-12-27-3/h5,7-8,10-11,13-15,18,27H,12,16-17H2,1-4H3. The van der Waals surface area contributed by atoms with Crippen molar-refractivity contribution in [1.82, 2.24) is 29.2 Å². The number of rotatable bonds is 6. The van der Waals surface area contributed by atoms with Gasteiger partial charge in [0, 0.05) is 37.1 Å². The minimum absolute atomic E-state index is 0.209. The second-order valence-corrected chi connectivity index (χ2v) is 8.62. The Hall–Kier alpha value is -3.96. The number of benzene rings is 1. The molecule has 0 bridgehead atoms. The zero-order chi connectivity index (χ0) is 24.2. The highest BCUT2D eigenvalue weighted by atomic mass is 16.2. The molecule has 4 aromatic rings. The van der Waals surface area contributed by atoms with Crippen LogP contribution in [0.5, 0.6) is 0 Å². The Morgan fingerprint density at radius 3 is 2.59 bits per heavy atom. The summed E-state index contributed by atoms with van der Waals surface area (Å²) in [6.45, 7) is 5.56. The number of nitrogens with one attached hydrogen (secondary N) is 1. The average Bonchev–Trinajstić information content (AvgIpc) is 3.20. The maximum absolute atomic E-state index is 13.3. The minimum Gasteiger partial charge on any atom is -0.309 e. The van der Waals surface area contributed by atoms with Gasteiger partial charge in [-0.05, 0) is 42.8 Å². The van der Waals surface area contributed by atoms with Gasteiger partial charge >= 0.3 is 5.69 Å². The maximum Gasteiger partial charge on any atom is 0.332 e. The highest BCUT2D eigenvalue weighted by Crippen LogP contribution is 2.27. The predicted octanol–water partition coefficient (Wildman–Crippen LogP) is 2.23. The molecule has 3 aromatic heterocycles. The second-order valence-electron chi connectivity index (χ2n) is 8.62. The fourth-order valence-electron chi connectivity index (χ4n) is 3.96. The van der Waals surface area contributed by atoms with E-state index in [1.165, 1.54) is 11.6 Å². The molecule has 0 spiro atoms. The van der Waals surface area contributed by atoms with Crippen molar-refractivity contribution in [2.24, 2.45) is 13.0 Å². The summed E-state index contributed by atoms with van der Waals surface area (Å²) in [5, 5.41) is 8.25. The lowest BCUT2D eigenvalue weighted by atomic mass is 10.1. The van der Waals surface area contributed by atoms with Gasteiger partial charge in [0.1, 0.15) is 5.39 Å². The van der Waals surface area contributed by atoms with Gasteiger partial charge in [-0.25, -0.2) is 4.79 Å². The van der Waals surface area contributed by atoms with Crippen molar-refractivity contribution >= 4 is 11.0 Å². The molecular formula is C26H28N6O2. The molecule has 0 saturated carbocycles. The highest BCUT2D eigenvalue weighted by molar-refractivity contribution is 5.90. The van der Waals surface area contributed by atoms with Gasteiger partial charge in [-0.15, -0.1) is 0 Å². The van der Waals surface area contributed by atoms with E-state index in [1.807, 2.05) is 57.3 Å². The van der Waals surface area contributed by atoms with Crippen molar-refractivity contribution in [1.29, 1.82) is 0 Å². The van der Waals surface area contributed by atoms with E-state index in [9.17, 15) is 9.59 Å². The van der Waals surface area contributed by atoms with Gasteiger partial charge in [-0.2, -0.15) is 5.10 Å². The Kier molecular flexibility index (Phi) is 6.75. The van der Waals surface area contributed by atoms with Crippen LogP contribution in [0.3, 0.4) is 0 Å². The first kappa shape index (κ1) is 23.2. The van der Waals surface area contributed by atoms with Crippen LogP contribution in [0.25, 0.3) is 22.3 Å². The summed E-state index contributed by atoms with van der Waals surface area (Å²) in [6.07, 6.45) is 3.37. The lowest BCUT2D eigenvalue weighted by Gasteiger charge is -2.11. The van der Waals surface area contributed by atoms with Crippen LogP contribution in [0.4, 0.5) is 0 Å². The van der Waals surface area contributed by atoms with Crippen LogP contribution in [0.2, 0.25) is 0 Å². The monoisotopic (exact) mass is 456 g/mol. The first-order valence-corrected chi connectivity index (χ1v) is 11.2. The number of aromatic nitrogens is 5. The minimum atomic E-state index is -0.362. The van der Waals surface area contributed by atoms with Crippen molar-refractivity contribution < 1.29 is 0 Å². The normalized spacial score (nSPS) is 11.1. The van der Waals surface area contributed by atoms with Gasteiger partial charge in [-0.3, -0.25) is 23.6 Å². The molecule has 0 aliphatic heterocycles. The van der Waals surface area contributed by atoms with Gasteiger partial charge in [0.25, 0.3) is 5.56 Å². The van der Waals surface area contributed by atoms with Crippen LogP contribution in [-0.4, -0.2) is 37.5 Å². The zero-order valence-electron chi connectivity index (χ0n) is 19.9. The Bertz CT molecular complexity index is 1500. The van der Waals surface area contributed by atoms with E-state index in [-0.39, 0.29) is 17.2 Å². The summed E-state index contributed by atoms with van der Waals surface area (Å²) in [5.74, 6) is 6.43. The van der Waals surface area contributed by atoms with Gasteiger partial charge in [0.05, 0.1) is 18.8 Å². The summed E-state index contributed by atoms with van der Waals surface area (Å²) < 4.78 is 4.57. The summed E-state index contributed by atoms with van der Waals surface area (Å²) in [4.78, 5) is 30.4. The number of pyridine rings is 1. The SMILES string of the molecule is CNCC#Cc1cccc(Cn2nc3c(c2-c2ccncc2)c(=O)n(C)c(=O)n3CC(C)C)c1. The molecule has 174 valence electrons. The quantitative estimate of drug-likeness (QED) is 0.450. The third-order valence-electron chi connectivity index (χ3n) is 5.48. The molecule has 0 fully saturated rings. The summed E-state index contributed by atoms with van der Waals surface area (Å²) in [6, 6.07) is 11.6. The van der Waals surface area contributed by atoms with E-state index in [0.29, 0.717) is 36.4 Å². The lowest BCUT2D eigenvalue weighted by Crippen LogP contribution is -2.38. The molecule has 4 rings (SSSR count). The average molecular weight is 457 g/mol. The van der Waals surface area contributed by atoms with Gasteiger partial charge in [0.15, 0.2) is 5.65 Å². The number of hydrogen-bond donors (Lipinski definition) is 1. The maximum atomic E-state index is 13.3. The second kappa shape index (κ2) is 9.89. The molecule has 0 radical (unpaired) electrons. The van der Waals surface area contributed by atoms with Crippen LogP contribution in [0, 0.1) is 17.8 Å². The molecule has 0 atom stereocenters. The molecule has 0 unspecified atom stereocenters. The molecule has 0 saturated heterocycles. The molecular weight excluding hydrogens is 428 g/mol. The molecule has 0 aliphatic carbocycles.